The maximum atomic E-state index is 9.89. The predicted octanol–water partition coefficient (Wildman–Crippen LogP) is 0.0497. The first kappa shape index (κ1) is 17.4. The molecule has 0 bridgehead atoms. The van der Waals surface area contributed by atoms with Gasteiger partial charge in [-0.25, -0.2) is 0 Å². The van der Waals surface area contributed by atoms with Crippen molar-refractivity contribution in [2.45, 2.75) is 37.8 Å². The van der Waals surface area contributed by atoms with Crippen LogP contribution in [0.1, 0.15) is 12.7 Å². The third kappa shape index (κ3) is 5.76. The lowest BCUT2D eigenvalue weighted by Gasteiger charge is -2.15. The number of nitrogens with two attached hydrogens (primary N) is 1. The van der Waals surface area contributed by atoms with Crippen molar-refractivity contribution in [3.63, 3.8) is 0 Å². The van der Waals surface area contributed by atoms with E-state index in [1.54, 1.807) is 7.11 Å². The minimum Gasteiger partial charge on any atom is -0.390 e. The van der Waals surface area contributed by atoms with Crippen LogP contribution in [0.5, 0.6) is 0 Å². The van der Waals surface area contributed by atoms with Gasteiger partial charge in [0.1, 0.15) is 5.82 Å². The number of aromatic nitrogens is 3. The Morgan fingerprint density at radius 2 is 2.15 bits per heavy atom. The number of hydrogen-bond acceptors (Lipinski definition) is 7. The summed E-state index contributed by atoms with van der Waals surface area (Å²) in [6.45, 7) is 5.81. The molecule has 0 saturated carbocycles. The average Bonchev–Trinajstić information content (AvgIpc) is 2.76. The molecular weight excluding hydrogens is 280 g/mol. The molecule has 0 aromatic carbocycles. The van der Waals surface area contributed by atoms with Gasteiger partial charge in [-0.05, 0) is 13.8 Å². The van der Waals surface area contributed by atoms with Gasteiger partial charge in [0.25, 0.3) is 0 Å². The minimum absolute atomic E-state index is 0.0252. The van der Waals surface area contributed by atoms with Crippen LogP contribution >= 0.6 is 11.8 Å². The summed E-state index contributed by atoms with van der Waals surface area (Å²) in [5, 5.41) is 18.8. The molecule has 116 valence electrons. The molecule has 0 radical (unpaired) electrons. The predicted molar refractivity (Wildman–Crippen MR) is 77.8 cm³/mol. The first-order valence-corrected chi connectivity index (χ1v) is 7.58. The van der Waals surface area contributed by atoms with Gasteiger partial charge < -0.3 is 24.9 Å². The Morgan fingerprint density at radius 3 is 2.80 bits per heavy atom. The second-order valence-corrected chi connectivity index (χ2v) is 5.52. The Hall–Kier alpha value is -0.670. The number of aliphatic hydroxyl groups is 1. The van der Waals surface area contributed by atoms with E-state index < -0.39 is 6.10 Å². The topological polar surface area (TPSA) is 95.4 Å². The van der Waals surface area contributed by atoms with Crippen LogP contribution in [0.15, 0.2) is 5.16 Å². The molecule has 1 heterocycles. The van der Waals surface area contributed by atoms with Gasteiger partial charge in [0.15, 0.2) is 5.16 Å². The highest BCUT2D eigenvalue weighted by Crippen LogP contribution is 2.17. The first-order chi connectivity index (χ1) is 9.58. The zero-order valence-corrected chi connectivity index (χ0v) is 13.1. The molecule has 0 aliphatic carbocycles. The molecule has 0 spiro atoms. The summed E-state index contributed by atoms with van der Waals surface area (Å²) in [4.78, 5) is 0. The quantitative estimate of drug-likeness (QED) is 0.590. The van der Waals surface area contributed by atoms with E-state index in [2.05, 4.69) is 10.2 Å². The van der Waals surface area contributed by atoms with Crippen molar-refractivity contribution in [3.05, 3.63) is 5.82 Å². The smallest absolute Gasteiger partial charge is 0.191 e. The summed E-state index contributed by atoms with van der Waals surface area (Å²) in [5.41, 5.74) is 5.56. The van der Waals surface area contributed by atoms with E-state index in [0.717, 1.165) is 11.0 Å². The molecule has 2 unspecified atom stereocenters. The van der Waals surface area contributed by atoms with Gasteiger partial charge in [-0.15, -0.1) is 10.2 Å². The molecule has 0 amide bonds. The number of aryl methyl sites for hydroxylation is 1. The van der Waals surface area contributed by atoms with Crippen LogP contribution in [-0.4, -0.2) is 64.7 Å². The highest BCUT2D eigenvalue weighted by molar-refractivity contribution is 7.99. The Morgan fingerprint density at radius 1 is 1.40 bits per heavy atom. The Kier molecular flexibility index (Phi) is 8.08. The molecule has 0 aliphatic heterocycles. The van der Waals surface area contributed by atoms with Gasteiger partial charge in [-0.2, -0.15) is 0 Å². The zero-order chi connectivity index (χ0) is 15.0. The van der Waals surface area contributed by atoms with Crippen molar-refractivity contribution in [3.8, 4) is 0 Å². The van der Waals surface area contributed by atoms with E-state index in [-0.39, 0.29) is 12.7 Å². The summed E-state index contributed by atoms with van der Waals surface area (Å²) in [5.74, 6) is 1.33. The zero-order valence-electron chi connectivity index (χ0n) is 12.3. The molecule has 7 nitrogen and oxygen atoms in total. The average molecular weight is 304 g/mol. The van der Waals surface area contributed by atoms with E-state index in [4.69, 9.17) is 15.2 Å². The highest BCUT2D eigenvalue weighted by atomic mass is 32.2. The largest absolute Gasteiger partial charge is 0.390 e. The van der Waals surface area contributed by atoms with Crippen LogP contribution < -0.4 is 5.73 Å². The SMILES string of the molecule is COCC(C)OCC(O)CSc1nnc(C)n1CCN. The number of aliphatic hydroxyl groups excluding tert-OH is 1. The van der Waals surface area contributed by atoms with E-state index in [9.17, 15) is 5.11 Å². The number of hydrogen-bond donors (Lipinski definition) is 2. The maximum absolute atomic E-state index is 9.89. The Labute approximate surface area is 123 Å². The summed E-state index contributed by atoms with van der Waals surface area (Å²) < 4.78 is 12.4. The van der Waals surface area contributed by atoms with Gasteiger partial charge in [0.2, 0.25) is 0 Å². The highest BCUT2D eigenvalue weighted by Gasteiger charge is 2.13. The third-order valence-corrected chi connectivity index (χ3v) is 3.75. The fourth-order valence-corrected chi connectivity index (χ4v) is 2.55. The first-order valence-electron chi connectivity index (χ1n) is 6.59. The minimum atomic E-state index is -0.553. The van der Waals surface area contributed by atoms with Crippen LogP contribution in [0.25, 0.3) is 0 Å². The summed E-state index contributed by atoms with van der Waals surface area (Å²) >= 11 is 1.45. The molecule has 1 rings (SSSR count). The lowest BCUT2D eigenvalue weighted by molar-refractivity contribution is -0.0257. The van der Waals surface area contributed by atoms with Gasteiger partial charge in [0, 0.05) is 26.0 Å². The second-order valence-electron chi connectivity index (χ2n) is 4.53. The van der Waals surface area contributed by atoms with E-state index in [1.807, 2.05) is 18.4 Å². The van der Waals surface area contributed by atoms with Crippen LogP contribution in [0.4, 0.5) is 0 Å². The van der Waals surface area contributed by atoms with E-state index in [0.29, 0.717) is 25.4 Å². The molecular formula is C12H24N4O3S. The van der Waals surface area contributed by atoms with Gasteiger partial charge in [-0.1, -0.05) is 11.8 Å². The van der Waals surface area contributed by atoms with Crippen molar-refractivity contribution in [2.75, 3.05) is 32.6 Å². The number of thioether (sulfide) groups is 1. The van der Waals surface area contributed by atoms with Crippen LogP contribution in [0.2, 0.25) is 0 Å². The second kappa shape index (κ2) is 9.30. The molecule has 2 atom stereocenters. The van der Waals surface area contributed by atoms with Crippen LogP contribution in [0, 0.1) is 6.92 Å². The van der Waals surface area contributed by atoms with Crippen molar-refractivity contribution >= 4 is 11.8 Å². The molecule has 8 heteroatoms. The van der Waals surface area contributed by atoms with Gasteiger partial charge in [0.05, 0.1) is 25.4 Å². The molecule has 3 N–H and O–H groups in total. The van der Waals surface area contributed by atoms with E-state index in [1.165, 1.54) is 11.8 Å². The van der Waals surface area contributed by atoms with E-state index >= 15 is 0 Å². The number of methoxy groups -OCH3 is 1. The number of nitrogens with zero attached hydrogens (tertiary/aromatic N) is 3. The monoisotopic (exact) mass is 304 g/mol. The Bertz CT molecular complexity index is 389. The number of rotatable bonds is 10. The lowest BCUT2D eigenvalue weighted by Crippen LogP contribution is -2.24. The molecule has 1 aromatic rings. The van der Waals surface area contributed by atoms with Gasteiger partial charge in [-0.3, -0.25) is 0 Å². The molecule has 0 aliphatic rings. The maximum Gasteiger partial charge on any atom is 0.191 e. The normalized spacial score (nSPS) is 14.4. The van der Waals surface area contributed by atoms with Crippen molar-refractivity contribution in [1.29, 1.82) is 0 Å². The molecule has 0 saturated heterocycles. The third-order valence-electron chi connectivity index (χ3n) is 2.63. The fourth-order valence-electron chi connectivity index (χ4n) is 1.63. The van der Waals surface area contributed by atoms with Crippen molar-refractivity contribution in [2.24, 2.45) is 5.73 Å². The standard InChI is InChI=1S/C12H24N4O3S/c1-9(6-18-3)19-7-11(17)8-20-12-15-14-10(2)16(12)5-4-13/h9,11,17H,4-8,13H2,1-3H3. The van der Waals surface area contributed by atoms with Crippen LogP contribution in [-0.2, 0) is 16.0 Å². The summed E-state index contributed by atoms with van der Waals surface area (Å²) in [7, 11) is 1.62. The van der Waals surface area contributed by atoms with Crippen LogP contribution in [0.3, 0.4) is 0 Å². The lowest BCUT2D eigenvalue weighted by atomic mass is 10.4. The molecule has 0 fully saturated rings. The number of ether oxygens (including phenoxy) is 2. The van der Waals surface area contributed by atoms with Crippen molar-refractivity contribution < 1.29 is 14.6 Å². The summed E-state index contributed by atoms with van der Waals surface area (Å²) in [6, 6.07) is 0. The fraction of sp³-hybridized carbons (Fsp3) is 0.833. The molecule has 1 aromatic heterocycles. The van der Waals surface area contributed by atoms with Crippen molar-refractivity contribution in [1.82, 2.24) is 14.8 Å². The molecule has 20 heavy (non-hydrogen) atoms. The Balaban J connectivity index is 2.35. The summed E-state index contributed by atoms with van der Waals surface area (Å²) in [6.07, 6.45) is -0.578. The van der Waals surface area contributed by atoms with Gasteiger partial charge >= 0.3 is 0 Å².